The molecule has 0 spiro atoms. The number of benzene rings is 1. The third-order valence-electron chi connectivity index (χ3n) is 4.71. The minimum atomic E-state index is -0.451. The summed E-state index contributed by atoms with van der Waals surface area (Å²) in [5.74, 6) is 0.828. The topological polar surface area (TPSA) is 32.7 Å². The van der Waals surface area contributed by atoms with Crippen LogP contribution in [0.15, 0.2) is 24.3 Å². The smallest absolute Gasteiger partial charge is 0.118 e. The van der Waals surface area contributed by atoms with Crippen LogP contribution in [0.1, 0.15) is 50.7 Å². The number of aliphatic hydroxyl groups excluding tert-OH is 1. The summed E-state index contributed by atoms with van der Waals surface area (Å²) in [6.45, 7) is 2.11. The maximum absolute atomic E-state index is 10.6. The molecule has 1 aliphatic carbocycles. The number of nitrogens with zero attached hydrogens (tertiary/aromatic N) is 1. The van der Waals surface area contributed by atoms with Crippen molar-refractivity contribution in [3.05, 3.63) is 29.8 Å². The first kappa shape index (κ1) is 15.3. The van der Waals surface area contributed by atoms with Gasteiger partial charge < -0.3 is 9.84 Å². The van der Waals surface area contributed by atoms with Crippen LogP contribution in [0.2, 0.25) is 0 Å². The molecule has 20 heavy (non-hydrogen) atoms. The molecular weight excluding hydrogens is 250 g/mol. The second-order valence-electron chi connectivity index (χ2n) is 5.92. The normalized spacial score (nSPS) is 19.9. The molecule has 1 aromatic carbocycles. The van der Waals surface area contributed by atoms with Crippen molar-refractivity contribution in [2.24, 2.45) is 0 Å². The van der Waals surface area contributed by atoms with E-state index in [-0.39, 0.29) is 6.04 Å². The minimum Gasteiger partial charge on any atom is -0.497 e. The molecule has 0 amide bonds. The number of ether oxygens (including phenoxy) is 1. The Labute approximate surface area is 122 Å². The summed E-state index contributed by atoms with van der Waals surface area (Å²) in [6, 6.07) is 8.47. The van der Waals surface area contributed by atoms with Crippen molar-refractivity contribution in [2.75, 3.05) is 14.2 Å². The van der Waals surface area contributed by atoms with E-state index >= 15 is 0 Å². The highest BCUT2D eigenvalue weighted by Gasteiger charge is 2.27. The maximum atomic E-state index is 10.6. The SMILES string of the molecule is COc1ccc(C(O)C(C)N(C)C2CCCCC2)cc1. The van der Waals surface area contributed by atoms with Gasteiger partial charge in [-0.15, -0.1) is 0 Å². The molecule has 0 aromatic heterocycles. The van der Waals surface area contributed by atoms with Gasteiger partial charge in [0.05, 0.1) is 13.2 Å². The summed E-state index contributed by atoms with van der Waals surface area (Å²) in [4.78, 5) is 2.36. The summed E-state index contributed by atoms with van der Waals surface area (Å²) < 4.78 is 5.16. The lowest BCUT2D eigenvalue weighted by Gasteiger charge is -2.37. The number of methoxy groups -OCH3 is 1. The predicted octanol–water partition coefficient (Wildman–Crippen LogP) is 3.38. The van der Waals surface area contributed by atoms with Gasteiger partial charge in [-0.3, -0.25) is 4.90 Å². The lowest BCUT2D eigenvalue weighted by molar-refractivity contribution is 0.0388. The van der Waals surface area contributed by atoms with Crippen molar-refractivity contribution in [1.29, 1.82) is 0 Å². The van der Waals surface area contributed by atoms with Crippen molar-refractivity contribution in [3.8, 4) is 5.75 Å². The van der Waals surface area contributed by atoms with E-state index in [0.29, 0.717) is 6.04 Å². The first-order chi connectivity index (χ1) is 9.63. The van der Waals surface area contributed by atoms with Crippen LogP contribution in [-0.2, 0) is 0 Å². The number of aliphatic hydroxyl groups is 1. The van der Waals surface area contributed by atoms with Gasteiger partial charge in [-0.05, 0) is 44.5 Å². The van der Waals surface area contributed by atoms with Crippen molar-refractivity contribution in [2.45, 2.75) is 57.2 Å². The molecule has 1 aromatic rings. The fourth-order valence-electron chi connectivity index (χ4n) is 3.12. The molecule has 0 saturated heterocycles. The molecule has 0 radical (unpaired) electrons. The highest BCUT2D eigenvalue weighted by Crippen LogP contribution is 2.28. The van der Waals surface area contributed by atoms with Crippen molar-refractivity contribution in [3.63, 3.8) is 0 Å². The molecule has 112 valence electrons. The van der Waals surface area contributed by atoms with Gasteiger partial charge in [-0.1, -0.05) is 31.4 Å². The summed E-state index contributed by atoms with van der Waals surface area (Å²) in [7, 11) is 3.80. The van der Waals surface area contributed by atoms with Crippen LogP contribution in [0.4, 0.5) is 0 Å². The van der Waals surface area contributed by atoms with Crippen LogP contribution in [0.5, 0.6) is 5.75 Å². The van der Waals surface area contributed by atoms with Crippen LogP contribution in [0.25, 0.3) is 0 Å². The summed E-state index contributed by atoms with van der Waals surface area (Å²) in [5, 5.41) is 10.6. The average Bonchev–Trinajstić information content (AvgIpc) is 2.53. The van der Waals surface area contributed by atoms with Crippen LogP contribution >= 0.6 is 0 Å². The van der Waals surface area contributed by atoms with Gasteiger partial charge in [-0.2, -0.15) is 0 Å². The molecule has 1 saturated carbocycles. The average molecular weight is 277 g/mol. The molecule has 3 heteroatoms. The monoisotopic (exact) mass is 277 g/mol. The molecule has 0 aliphatic heterocycles. The van der Waals surface area contributed by atoms with Gasteiger partial charge in [0, 0.05) is 12.1 Å². The number of likely N-dealkylation sites (N-methyl/N-ethyl adjacent to an activating group) is 1. The second kappa shape index (κ2) is 7.09. The Kier molecular flexibility index (Phi) is 5.44. The molecule has 2 rings (SSSR count). The largest absolute Gasteiger partial charge is 0.497 e. The second-order valence-corrected chi connectivity index (χ2v) is 5.92. The molecular formula is C17H27NO2. The standard InChI is InChI=1S/C17H27NO2/c1-13(18(2)15-7-5-4-6-8-15)17(19)14-9-11-16(20-3)12-10-14/h9-13,15,17,19H,4-8H2,1-3H3. The Morgan fingerprint density at radius 1 is 1.15 bits per heavy atom. The highest BCUT2D eigenvalue weighted by molar-refractivity contribution is 5.29. The van der Waals surface area contributed by atoms with Crippen molar-refractivity contribution in [1.82, 2.24) is 4.90 Å². The van der Waals surface area contributed by atoms with Gasteiger partial charge >= 0.3 is 0 Å². The quantitative estimate of drug-likeness (QED) is 0.895. The Morgan fingerprint density at radius 3 is 2.30 bits per heavy atom. The fraction of sp³-hybridized carbons (Fsp3) is 0.647. The summed E-state index contributed by atoms with van der Waals surface area (Å²) in [5.41, 5.74) is 0.959. The first-order valence-corrected chi connectivity index (χ1v) is 7.67. The van der Waals surface area contributed by atoms with E-state index < -0.39 is 6.10 Å². The number of rotatable bonds is 5. The van der Waals surface area contributed by atoms with E-state index in [1.165, 1.54) is 32.1 Å². The Hall–Kier alpha value is -1.06. The van der Waals surface area contributed by atoms with E-state index in [1.807, 2.05) is 24.3 Å². The molecule has 1 N–H and O–H groups in total. The Morgan fingerprint density at radius 2 is 1.75 bits per heavy atom. The first-order valence-electron chi connectivity index (χ1n) is 7.67. The summed E-state index contributed by atoms with van der Waals surface area (Å²) >= 11 is 0. The van der Waals surface area contributed by atoms with E-state index in [2.05, 4.69) is 18.9 Å². The lowest BCUT2D eigenvalue weighted by atomic mass is 9.92. The van der Waals surface area contributed by atoms with E-state index in [1.54, 1.807) is 7.11 Å². The Bertz CT molecular complexity index is 398. The van der Waals surface area contributed by atoms with Gasteiger partial charge in [-0.25, -0.2) is 0 Å². The van der Waals surface area contributed by atoms with Gasteiger partial charge in [0.15, 0.2) is 0 Å². The maximum Gasteiger partial charge on any atom is 0.118 e. The molecule has 3 nitrogen and oxygen atoms in total. The van der Waals surface area contributed by atoms with E-state index in [4.69, 9.17) is 4.74 Å². The third-order valence-corrected chi connectivity index (χ3v) is 4.71. The zero-order chi connectivity index (χ0) is 14.5. The fourth-order valence-corrected chi connectivity index (χ4v) is 3.12. The molecule has 2 unspecified atom stereocenters. The highest BCUT2D eigenvalue weighted by atomic mass is 16.5. The van der Waals surface area contributed by atoms with Gasteiger partial charge in [0.1, 0.15) is 5.75 Å². The zero-order valence-electron chi connectivity index (χ0n) is 12.9. The lowest BCUT2D eigenvalue weighted by Crippen LogP contribution is -2.42. The molecule has 1 fully saturated rings. The zero-order valence-corrected chi connectivity index (χ0v) is 12.9. The molecule has 2 atom stereocenters. The van der Waals surface area contributed by atoms with Crippen LogP contribution in [0.3, 0.4) is 0 Å². The van der Waals surface area contributed by atoms with E-state index in [0.717, 1.165) is 11.3 Å². The van der Waals surface area contributed by atoms with Crippen molar-refractivity contribution >= 4 is 0 Å². The molecule has 1 aliphatic rings. The minimum absolute atomic E-state index is 0.131. The third kappa shape index (κ3) is 3.53. The van der Waals surface area contributed by atoms with Crippen LogP contribution in [0, 0.1) is 0 Å². The van der Waals surface area contributed by atoms with Crippen molar-refractivity contribution < 1.29 is 9.84 Å². The summed E-state index contributed by atoms with van der Waals surface area (Å²) in [6.07, 6.45) is 6.07. The predicted molar refractivity (Wildman–Crippen MR) is 82.1 cm³/mol. The molecule has 0 bridgehead atoms. The number of hydrogen-bond acceptors (Lipinski definition) is 3. The van der Waals surface area contributed by atoms with Crippen LogP contribution < -0.4 is 4.74 Å². The molecule has 0 heterocycles. The van der Waals surface area contributed by atoms with E-state index in [9.17, 15) is 5.11 Å². The van der Waals surface area contributed by atoms with Crippen LogP contribution in [-0.4, -0.2) is 36.2 Å². The van der Waals surface area contributed by atoms with Gasteiger partial charge in [0.2, 0.25) is 0 Å². The Balaban J connectivity index is 2.00. The van der Waals surface area contributed by atoms with Gasteiger partial charge in [0.25, 0.3) is 0 Å². The number of hydrogen-bond donors (Lipinski definition) is 1.